The molecule has 0 bridgehead atoms. The topological polar surface area (TPSA) is 32.8 Å². The second-order valence-electron chi connectivity index (χ2n) is 5.92. The third kappa shape index (κ3) is 3.35. The van der Waals surface area contributed by atoms with E-state index in [-0.39, 0.29) is 6.09 Å². The van der Waals surface area contributed by atoms with Crippen LogP contribution in [0.4, 0.5) is 4.79 Å². The monoisotopic (exact) mass is 304 g/mol. The Morgan fingerprint density at radius 2 is 1.94 bits per heavy atom. The van der Waals surface area contributed by atoms with Gasteiger partial charge in [0.15, 0.2) is 0 Å². The highest BCUT2D eigenvalue weighted by atomic mass is 79.9. The van der Waals surface area contributed by atoms with E-state index in [1.54, 1.807) is 0 Å². The van der Waals surface area contributed by atoms with Gasteiger partial charge in [0, 0.05) is 37.0 Å². The van der Waals surface area contributed by atoms with E-state index in [4.69, 9.17) is 4.74 Å². The third-order valence-corrected chi connectivity index (χ3v) is 3.78. The first-order chi connectivity index (χ1) is 7.85. The third-order valence-electron chi connectivity index (χ3n) is 3.20. The quantitative estimate of drug-likeness (QED) is 0.695. The first kappa shape index (κ1) is 13.1. The number of rotatable bonds is 1. The number of alkyl halides is 1. The molecule has 2 heterocycles. The maximum atomic E-state index is 11.9. The Balaban J connectivity index is 1.79. The van der Waals surface area contributed by atoms with Crippen molar-refractivity contribution in [2.75, 3.05) is 26.2 Å². The predicted octanol–water partition coefficient (Wildman–Crippen LogP) is 2.07. The largest absolute Gasteiger partial charge is 0.444 e. The van der Waals surface area contributed by atoms with Gasteiger partial charge in [0.2, 0.25) is 0 Å². The van der Waals surface area contributed by atoms with E-state index in [0.29, 0.717) is 10.9 Å². The molecule has 2 rings (SSSR count). The SMILES string of the molecule is CC(C)(C)OC(=O)N1CC[C@H](N2CC(Br)C2)C1. The zero-order valence-corrected chi connectivity index (χ0v) is 12.4. The van der Waals surface area contributed by atoms with Crippen molar-refractivity contribution in [2.45, 2.75) is 43.7 Å². The minimum atomic E-state index is -0.396. The van der Waals surface area contributed by atoms with Crippen LogP contribution in [0.15, 0.2) is 0 Å². The summed E-state index contributed by atoms with van der Waals surface area (Å²) in [6.07, 6.45) is 0.898. The zero-order valence-electron chi connectivity index (χ0n) is 10.8. The summed E-state index contributed by atoms with van der Waals surface area (Å²) in [6.45, 7) is 9.56. The lowest BCUT2D eigenvalue weighted by atomic mass is 10.1. The molecule has 2 aliphatic rings. The second kappa shape index (κ2) is 4.76. The Morgan fingerprint density at radius 3 is 2.47 bits per heavy atom. The smallest absolute Gasteiger partial charge is 0.410 e. The van der Waals surface area contributed by atoms with E-state index in [2.05, 4.69) is 20.8 Å². The van der Waals surface area contributed by atoms with Crippen LogP contribution in [0.5, 0.6) is 0 Å². The molecule has 0 aliphatic carbocycles. The predicted molar refractivity (Wildman–Crippen MR) is 70.5 cm³/mol. The van der Waals surface area contributed by atoms with Crippen LogP contribution in [0.2, 0.25) is 0 Å². The highest BCUT2D eigenvalue weighted by Gasteiger charge is 2.37. The van der Waals surface area contributed by atoms with Crippen LogP contribution in [0, 0.1) is 0 Å². The fourth-order valence-electron chi connectivity index (χ4n) is 2.29. The van der Waals surface area contributed by atoms with Crippen LogP contribution in [0.25, 0.3) is 0 Å². The van der Waals surface area contributed by atoms with Gasteiger partial charge in [-0.05, 0) is 27.2 Å². The Morgan fingerprint density at radius 1 is 1.29 bits per heavy atom. The Hall–Kier alpha value is -0.290. The standard InChI is InChI=1S/C12H21BrN2O2/c1-12(2,3)17-11(16)14-5-4-10(8-14)15-6-9(13)7-15/h9-10H,4-8H2,1-3H3/t10-/m0/s1. The molecule has 0 saturated carbocycles. The average Bonchev–Trinajstić information content (AvgIpc) is 2.58. The molecule has 0 spiro atoms. The number of ether oxygens (including phenoxy) is 1. The van der Waals surface area contributed by atoms with Crippen molar-refractivity contribution in [3.63, 3.8) is 0 Å². The molecule has 4 nitrogen and oxygen atoms in total. The number of hydrogen-bond donors (Lipinski definition) is 0. The van der Waals surface area contributed by atoms with Crippen LogP contribution in [-0.2, 0) is 4.74 Å². The average molecular weight is 305 g/mol. The molecule has 17 heavy (non-hydrogen) atoms. The summed E-state index contributed by atoms with van der Waals surface area (Å²) >= 11 is 3.58. The van der Waals surface area contributed by atoms with Crippen molar-refractivity contribution < 1.29 is 9.53 Å². The maximum absolute atomic E-state index is 11.9. The molecule has 2 fully saturated rings. The van der Waals surface area contributed by atoms with Gasteiger partial charge in [-0.1, -0.05) is 15.9 Å². The molecule has 0 aromatic carbocycles. The molecule has 2 saturated heterocycles. The number of likely N-dealkylation sites (tertiary alicyclic amines) is 2. The molecule has 0 N–H and O–H groups in total. The van der Waals surface area contributed by atoms with Crippen LogP contribution < -0.4 is 0 Å². The van der Waals surface area contributed by atoms with Crippen LogP contribution in [-0.4, -0.2) is 58.5 Å². The highest BCUT2D eigenvalue weighted by molar-refractivity contribution is 9.09. The van der Waals surface area contributed by atoms with E-state index in [1.165, 1.54) is 0 Å². The van der Waals surface area contributed by atoms with Gasteiger partial charge in [0.05, 0.1) is 0 Å². The number of carbonyl (C=O) groups excluding carboxylic acids is 1. The summed E-state index contributed by atoms with van der Waals surface area (Å²) in [6, 6.07) is 0.524. The molecular formula is C12H21BrN2O2. The second-order valence-corrected chi connectivity index (χ2v) is 7.22. The lowest BCUT2D eigenvalue weighted by molar-refractivity contribution is 0.0271. The maximum Gasteiger partial charge on any atom is 0.410 e. The summed E-state index contributed by atoms with van der Waals surface area (Å²) in [5.41, 5.74) is -0.396. The van der Waals surface area contributed by atoms with Gasteiger partial charge in [-0.3, -0.25) is 4.90 Å². The van der Waals surface area contributed by atoms with Gasteiger partial charge >= 0.3 is 6.09 Å². The fourth-order valence-corrected chi connectivity index (χ4v) is 3.03. The highest BCUT2D eigenvalue weighted by Crippen LogP contribution is 2.25. The van der Waals surface area contributed by atoms with Crippen molar-refractivity contribution in [1.29, 1.82) is 0 Å². The van der Waals surface area contributed by atoms with Crippen molar-refractivity contribution in [1.82, 2.24) is 9.80 Å². The van der Waals surface area contributed by atoms with E-state index >= 15 is 0 Å². The van der Waals surface area contributed by atoms with Crippen molar-refractivity contribution in [3.05, 3.63) is 0 Å². The number of halogens is 1. The minimum Gasteiger partial charge on any atom is -0.444 e. The normalized spacial score (nSPS) is 27.1. The molecule has 0 aromatic heterocycles. The minimum absolute atomic E-state index is 0.170. The molecule has 1 amide bonds. The lowest BCUT2D eigenvalue weighted by Crippen LogP contribution is -2.53. The van der Waals surface area contributed by atoms with Crippen LogP contribution in [0.3, 0.4) is 0 Å². The molecule has 2 aliphatic heterocycles. The molecular weight excluding hydrogens is 284 g/mol. The first-order valence-electron chi connectivity index (χ1n) is 6.21. The fraction of sp³-hybridized carbons (Fsp3) is 0.917. The van der Waals surface area contributed by atoms with Gasteiger partial charge in [-0.25, -0.2) is 4.79 Å². The summed E-state index contributed by atoms with van der Waals surface area (Å²) in [7, 11) is 0. The number of nitrogens with zero attached hydrogens (tertiary/aromatic N) is 2. The van der Waals surface area contributed by atoms with Crippen LogP contribution >= 0.6 is 15.9 Å². The molecule has 0 radical (unpaired) electrons. The Kier molecular flexibility index (Phi) is 3.69. The van der Waals surface area contributed by atoms with E-state index < -0.39 is 5.60 Å². The lowest BCUT2D eigenvalue weighted by Gasteiger charge is -2.40. The number of carbonyl (C=O) groups is 1. The van der Waals surface area contributed by atoms with Gasteiger partial charge in [-0.2, -0.15) is 0 Å². The summed E-state index contributed by atoms with van der Waals surface area (Å²) in [4.78, 5) is 16.8. The number of amides is 1. The van der Waals surface area contributed by atoms with Crippen molar-refractivity contribution >= 4 is 22.0 Å². The van der Waals surface area contributed by atoms with Gasteiger partial charge < -0.3 is 9.64 Å². The Labute approximate surface area is 111 Å². The molecule has 5 heteroatoms. The molecule has 98 valence electrons. The Bertz CT molecular complexity index is 297. The van der Waals surface area contributed by atoms with Gasteiger partial charge in [0.25, 0.3) is 0 Å². The van der Waals surface area contributed by atoms with E-state index in [1.807, 2.05) is 25.7 Å². The molecule has 1 atom stereocenters. The van der Waals surface area contributed by atoms with E-state index in [9.17, 15) is 4.79 Å². The van der Waals surface area contributed by atoms with E-state index in [0.717, 1.165) is 32.6 Å². The van der Waals surface area contributed by atoms with Gasteiger partial charge in [0.1, 0.15) is 5.60 Å². The van der Waals surface area contributed by atoms with Crippen molar-refractivity contribution in [2.24, 2.45) is 0 Å². The van der Waals surface area contributed by atoms with Gasteiger partial charge in [-0.15, -0.1) is 0 Å². The molecule has 0 unspecified atom stereocenters. The molecule has 0 aromatic rings. The summed E-state index contributed by atoms with van der Waals surface area (Å²) in [5, 5.41) is 0. The first-order valence-corrected chi connectivity index (χ1v) is 7.13. The summed E-state index contributed by atoms with van der Waals surface area (Å²) < 4.78 is 5.38. The van der Waals surface area contributed by atoms with Crippen LogP contribution in [0.1, 0.15) is 27.2 Å². The van der Waals surface area contributed by atoms with Crippen molar-refractivity contribution in [3.8, 4) is 0 Å². The zero-order chi connectivity index (χ0) is 12.6. The summed E-state index contributed by atoms with van der Waals surface area (Å²) in [5.74, 6) is 0. The number of hydrogen-bond acceptors (Lipinski definition) is 3.